The standard InChI is InChI=1S/C28H36N4O6/c1-25(2)26(3,4)30(34)23(29(25)33)19-13-9-11-15-21(19)37-17-18-38-22-16-12-10-14-20(22)24-31(35)27(5,6)28(7,8)32(24)36/h9-16H,17-18H2,1-8H3. The van der Waals surface area contributed by atoms with Gasteiger partial charge in [0.2, 0.25) is 0 Å². The molecule has 0 amide bonds. The van der Waals surface area contributed by atoms with Crippen LogP contribution in [0.1, 0.15) is 66.5 Å². The van der Waals surface area contributed by atoms with Gasteiger partial charge in [-0.3, -0.25) is 9.48 Å². The smallest absolute Gasteiger partial charge is 0.320 e. The van der Waals surface area contributed by atoms with Gasteiger partial charge >= 0.3 is 11.7 Å². The summed E-state index contributed by atoms with van der Waals surface area (Å²) in [6.45, 7) is 14.1. The minimum atomic E-state index is -0.948. The van der Waals surface area contributed by atoms with E-state index in [1.54, 1.807) is 104 Å². The van der Waals surface area contributed by atoms with Crippen molar-refractivity contribution in [2.45, 2.75) is 77.5 Å². The third kappa shape index (κ3) is 3.85. The Labute approximate surface area is 223 Å². The van der Waals surface area contributed by atoms with E-state index in [-0.39, 0.29) is 24.9 Å². The van der Waals surface area contributed by atoms with E-state index in [4.69, 9.17) is 9.47 Å². The Morgan fingerprint density at radius 3 is 1.24 bits per heavy atom. The summed E-state index contributed by atoms with van der Waals surface area (Å²) in [4.78, 5) is 0. The van der Waals surface area contributed by atoms with E-state index in [1.165, 1.54) is 0 Å². The van der Waals surface area contributed by atoms with E-state index in [0.717, 1.165) is 19.6 Å². The topological polar surface area (TPSA) is 117 Å². The zero-order valence-corrected chi connectivity index (χ0v) is 23.3. The normalized spacial score (nSPS) is 21.3. The van der Waals surface area contributed by atoms with Crippen molar-refractivity contribution in [3.05, 3.63) is 70.1 Å². The summed E-state index contributed by atoms with van der Waals surface area (Å²) in [7, 11) is 0. The number of nitrogens with zero attached hydrogens (tertiary/aromatic N) is 4. The zero-order valence-electron chi connectivity index (χ0n) is 23.3. The van der Waals surface area contributed by atoms with Gasteiger partial charge in [-0.05, 0) is 79.7 Å². The first-order valence-electron chi connectivity index (χ1n) is 12.7. The molecule has 0 saturated heterocycles. The van der Waals surface area contributed by atoms with Crippen LogP contribution in [0.5, 0.6) is 11.5 Å². The summed E-state index contributed by atoms with van der Waals surface area (Å²) in [5.74, 6) is 0.742. The van der Waals surface area contributed by atoms with Gasteiger partial charge in [-0.1, -0.05) is 34.4 Å². The van der Waals surface area contributed by atoms with Gasteiger partial charge in [0.15, 0.2) is 11.1 Å². The van der Waals surface area contributed by atoms with Crippen LogP contribution in [0.2, 0.25) is 0 Å². The van der Waals surface area contributed by atoms with Gasteiger partial charge in [-0.25, -0.2) is 0 Å². The van der Waals surface area contributed by atoms with E-state index in [2.05, 4.69) is 0 Å². The number of amidine groups is 2. The minimum absolute atomic E-state index is 0.00389. The van der Waals surface area contributed by atoms with Gasteiger partial charge in [0.25, 0.3) is 0 Å². The van der Waals surface area contributed by atoms with E-state index in [1.807, 2.05) is 0 Å². The van der Waals surface area contributed by atoms with Crippen LogP contribution in [0.25, 0.3) is 0 Å². The second kappa shape index (κ2) is 9.06. The van der Waals surface area contributed by atoms with Gasteiger partial charge < -0.3 is 19.9 Å². The molecule has 0 aromatic heterocycles. The van der Waals surface area contributed by atoms with Crippen LogP contribution >= 0.6 is 0 Å². The van der Waals surface area contributed by atoms with Crippen molar-refractivity contribution < 1.29 is 29.4 Å². The average Bonchev–Trinajstić information content (AvgIpc) is 3.06. The molecule has 10 heteroatoms. The number of rotatable bonds is 7. The van der Waals surface area contributed by atoms with E-state index in [0.29, 0.717) is 22.6 Å². The Bertz CT molecular complexity index is 1200. The van der Waals surface area contributed by atoms with Crippen molar-refractivity contribution in [2.24, 2.45) is 0 Å². The van der Waals surface area contributed by atoms with Crippen molar-refractivity contribution in [3.8, 4) is 11.5 Å². The lowest BCUT2D eigenvalue weighted by Crippen LogP contribution is -2.53. The van der Waals surface area contributed by atoms with Gasteiger partial charge in [0, 0.05) is 10.4 Å². The van der Waals surface area contributed by atoms with Crippen LogP contribution in [0.3, 0.4) is 0 Å². The Morgan fingerprint density at radius 2 is 0.947 bits per heavy atom. The predicted octanol–water partition coefficient (Wildman–Crippen LogP) is 4.09. The average molecular weight is 525 g/mol. The second-order valence-electron chi connectivity index (χ2n) is 11.8. The van der Waals surface area contributed by atoms with Gasteiger partial charge in [-0.2, -0.15) is 0 Å². The van der Waals surface area contributed by atoms with Crippen LogP contribution in [0, 0.1) is 10.4 Å². The molecule has 0 fully saturated rings. The molecular weight excluding hydrogens is 488 g/mol. The molecule has 4 rings (SSSR count). The molecule has 2 heterocycles. The summed E-state index contributed by atoms with van der Waals surface area (Å²) in [6.07, 6.45) is 0. The van der Waals surface area contributed by atoms with Crippen molar-refractivity contribution in [1.82, 2.24) is 10.1 Å². The maximum Gasteiger partial charge on any atom is 0.320 e. The number of hydroxylamine groups is 6. The Hall–Kier alpha value is -3.50. The van der Waals surface area contributed by atoms with E-state index in [9.17, 15) is 20.8 Å². The van der Waals surface area contributed by atoms with Crippen molar-refractivity contribution >= 4 is 11.7 Å². The number of hydrogen-bond donors (Lipinski definition) is 0. The molecular formula is C28H36N4O6. The summed E-state index contributed by atoms with van der Waals surface area (Å²) < 4.78 is 13.4. The monoisotopic (exact) mass is 524 g/mol. The SMILES string of the molecule is CC1(C)N([O])C(c2ccccc2OCCOc2ccccc2C2=[N+]([O-])C(C)(C)C(C)(C)N2[O])=[N+]([O-])C1(C)C. The highest BCUT2D eigenvalue weighted by atomic mass is 16.6. The quantitative estimate of drug-likeness (QED) is 0.306. The summed E-state index contributed by atoms with van der Waals surface area (Å²) in [5.41, 5.74) is -3.00. The van der Waals surface area contributed by atoms with E-state index < -0.39 is 22.2 Å². The molecule has 10 nitrogen and oxygen atoms in total. The first-order valence-corrected chi connectivity index (χ1v) is 12.7. The molecule has 0 unspecified atom stereocenters. The minimum Gasteiger partial charge on any atom is -0.714 e. The predicted molar refractivity (Wildman–Crippen MR) is 141 cm³/mol. The fourth-order valence-corrected chi connectivity index (χ4v) is 4.51. The number of ether oxygens (including phenoxy) is 2. The summed E-state index contributed by atoms with van der Waals surface area (Å²) in [5, 5.41) is 54.0. The highest BCUT2D eigenvalue weighted by Gasteiger charge is 2.61. The molecule has 2 aliphatic heterocycles. The van der Waals surface area contributed by atoms with Gasteiger partial charge in [0.1, 0.15) is 46.9 Å². The number of hydrogen-bond acceptors (Lipinski definition) is 6. The van der Waals surface area contributed by atoms with Crippen LogP contribution in [0.4, 0.5) is 0 Å². The maximum atomic E-state index is 13.1. The first kappa shape index (κ1) is 27.5. The number of benzene rings is 2. The molecule has 2 radical (unpaired) electrons. The Balaban J connectivity index is 1.53. The molecule has 2 aromatic carbocycles. The van der Waals surface area contributed by atoms with Crippen molar-refractivity contribution in [3.63, 3.8) is 0 Å². The van der Waals surface area contributed by atoms with Crippen LogP contribution in [-0.2, 0) is 10.4 Å². The lowest BCUT2D eigenvalue weighted by molar-refractivity contribution is -0.539. The van der Waals surface area contributed by atoms with Gasteiger partial charge in [0.05, 0.1) is 0 Å². The molecule has 2 aliphatic rings. The highest BCUT2D eigenvalue weighted by Crippen LogP contribution is 2.40. The fourth-order valence-electron chi connectivity index (χ4n) is 4.51. The van der Waals surface area contributed by atoms with Crippen LogP contribution < -0.4 is 9.47 Å². The molecule has 0 saturated carbocycles. The fraction of sp³-hybridized carbons (Fsp3) is 0.500. The van der Waals surface area contributed by atoms with Crippen molar-refractivity contribution in [1.29, 1.82) is 0 Å². The first-order chi connectivity index (χ1) is 17.6. The third-order valence-corrected chi connectivity index (χ3v) is 8.65. The molecule has 204 valence electrons. The van der Waals surface area contributed by atoms with Gasteiger partial charge in [-0.15, -0.1) is 0 Å². The van der Waals surface area contributed by atoms with Crippen molar-refractivity contribution in [2.75, 3.05) is 13.2 Å². The molecule has 0 atom stereocenters. The Morgan fingerprint density at radius 1 is 0.632 bits per heavy atom. The van der Waals surface area contributed by atoms with Crippen LogP contribution in [0.15, 0.2) is 48.5 Å². The maximum absolute atomic E-state index is 13.1. The highest BCUT2D eigenvalue weighted by molar-refractivity contribution is 5.99. The summed E-state index contributed by atoms with van der Waals surface area (Å²) in [6, 6.07) is 13.8. The molecule has 2 aromatic rings. The zero-order chi connectivity index (χ0) is 28.3. The number of para-hydroxylation sites is 2. The lowest BCUT2D eigenvalue weighted by Gasteiger charge is -2.32. The Kier molecular flexibility index (Phi) is 6.56. The van der Waals surface area contributed by atoms with E-state index >= 15 is 0 Å². The molecule has 0 bridgehead atoms. The largest absolute Gasteiger partial charge is 0.714 e. The third-order valence-electron chi connectivity index (χ3n) is 8.65. The second-order valence-corrected chi connectivity index (χ2v) is 11.8. The molecule has 0 spiro atoms. The lowest BCUT2D eigenvalue weighted by atomic mass is 9.84. The summed E-state index contributed by atoms with van der Waals surface area (Å²) >= 11 is 0. The van der Waals surface area contributed by atoms with Crippen LogP contribution in [-0.4, -0.2) is 66.6 Å². The molecule has 0 aliphatic carbocycles. The molecule has 38 heavy (non-hydrogen) atoms. The molecule has 0 N–H and O–H groups in total.